The molecule has 0 aliphatic carbocycles. The van der Waals surface area contributed by atoms with Gasteiger partial charge < -0.3 is 11.1 Å². The third-order valence-corrected chi connectivity index (χ3v) is 10.1. The Kier molecular flexibility index (Phi) is 5.24. The van der Waals surface area contributed by atoms with Crippen molar-refractivity contribution in [3.05, 3.63) is 52.7 Å². The topological polar surface area (TPSA) is 146 Å². The van der Waals surface area contributed by atoms with Crippen molar-refractivity contribution in [3.63, 3.8) is 0 Å². The molecule has 11 heteroatoms. The van der Waals surface area contributed by atoms with Gasteiger partial charge in [-0.05, 0) is 57.9 Å². The molecule has 2 aromatic rings. The maximum atomic E-state index is 15.1. The fraction of sp³-hybridized carbons (Fsp3) is 0.409. The number of carbonyl (C=O) groups excluding carboxylic acids is 1. The van der Waals surface area contributed by atoms with Gasteiger partial charge in [-0.15, -0.1) is 0 Å². The molecule has 2 aliphatic heterocycles. The minimum Gasteiger partial charge on any atom is -0.386 e. The number of halogens is 1. The zero-order valence-corrected chi connectivity index (χ0v) is 19.5. The standard InChI is InChI=1S/C22H24FN7O2S/c1-12-9-13(10-24)11-26-17(12)19(31)29-16-6-5-14(23)18(28-16)22(4)15-7-8-27-33(15,32)21(2,3)20(25)30-22/h5-6,9,11,15H,7-8H2,1-4H3,(H2,25,30)(H,28,29,31)/t15-,22+,33-/m1/s1. The number of rotatable bonds is 3. The first-order valence-electron chi connectivity index (χ1n) is 10.4. The van der Waals surface area contributed by atoms with Gasteiger partial charge in [-0.2, -0.15) is 5.26 Å². The first kappa shape index (κ1) is 22.8. The van der Waals surface area contributed by atoms with Crippen LogP contribution in [0.3, 0.4) is 0 Å². The van der Waals surface area contributed by atoms with Crippen LogP contribution in [0.1, 0.15) is 54.5 Å². The zero-order valence-electron chi connectivity index (χ0n) is 18.7. The molecule has 0 saturated heterocycles. The number of hydrogen-bond donors (Lipinski definition) is 2. The number of aryl methyl sites for hydroxylation is 1. The second kappa shape index (κ2) is 7.59. The van der Waals surface area contributed by atoms with Crippen LogP contribution >= 0.6 is 0 Å². The maximum absolute atomic E-state index is 15.1. The summed E-state index contributed by atoms with van der Waals surface area (Å²) < 4.78 is 32.4. The van der Waals surface area contributed by atoms with Gasteiger partial charge in [-0.1, -0.05) is 0 Å². The van der Waals surface area contributed by atoms with Crippen LogP contribution in [0.2, 0.25) is 0 Å². The third kappa shape index (κ3) is 3.36. The number of aromatic nitrogens is 2. The molecule has 2 aromatic heterocycles. The third-order valence-electron chi connectivity index (χ3n) is 6.38. The van der Waals surface area contributed by atoms with Crippen molar-refractivity contribution < 1.29 is 13.4 Å². The Labute approximate surface area is 191 Å². The van der Waals surface area contributed by atoms with Gasteiger partial charge in [0.2, 0.25) is 0 Å². The fourth-order valence-electron chi connectivity index (χ4n) is 4.39. The number of hydrogen-bond acceptors (Lipinski definition) is 8. The number of amides is 1. The van der Waals surface area contributed by atoms with E-state index in [4.69, 9.17) is 11.0 Å². The maximum Gasteiger partial charge on any atom is 0.275 e. The highest BCUT2D eigenvalue weighted by Crippen LogP contribution is 2.47. The van der Waals surface area contributed by atoms with E-state index in [1.165, 1.54) is 18.3 Å². The van der Waals surface area contributed by atoms with E-state index in [0.717, 1.165) is 0 Å². The van der Waals surface area contributed by atoms with Crippen molar-refractivity contribution in [1.29, 1.82) is 5.26 Å². The number of carbonyl (C=O) groups is 1. The summed E-state index contributed by atoms with van der Waals surface area (Å²) in [6.45, 7) is 7.16. The van der Waals surface area contributed by atoms with E-state index in [9.17, 15) is 9.00 Å². The summed E-state index contributed by atoms with van der Waals surface area (Å²) in [6.07, 6.45) is 1.76. The van der Waals surface area contributed by atoms with Gasteiger partial charge in [-0.25, -0.2) is 22.9 Å². The van der Waals surface area contributed by atoms with Gasteiger partial charge in [0.05, 0.1) is 20.5 Å². The molecule has 3 N–H and O–H groups in total. The second-order valence-electron chi connectivity index (χ2n) is 8.84. The number of aliphatic imine (C=N–C) groups is 1. The first-order chi connectivity index (χ1) is 15.4. The average Bonchev–Trinajstić information content (AvgIpc) is 3.18. The summed E-state index contributed by atoms with van der Waals surface area (Å²) in [5.41, 5.74) is 5.80. The summed E-state index contributed by atoms with van der Waals surface area (Å²) in [4.78, 5) is 25.7. The van der Waals surface area contributed by atoms with Gasteiger partial charge in [0.1, 0.15) is 45.2 Å². The molecule has 2 aliphatic rings. The summed E-state index contributed by atoms with van der Waals surface area (Å²) >= 11 is 0. The van der Waals surface area contributed by atoms with Gasteiger partial charge >= 0.3 is 0 Å². The normalized spacial score (nSPS) is 27.6. The molecule has 0 aromatic carbocycles. The Morgan fingerprint density at radius 1 is 1.36 bits per heavy atom. The number of nitrogens with two attached hydrogens (primary N) is 1. The minimum absolute atomic E-state index is 0.0573. The largest absolute Gasteiger partial charge is 0.386 e. The SMILES string of the molecule is Cc1cc(C#N)cnc1C(=O)Nc1ccc(F)c([C@@]2(C)N=C(N)C(C)(C)[S@@]3(=O)=NCC[C@H]23)n1. The fourth-order valence-corrected chi connectivity index (χ4v) is 7.54. The van der Waals surface area contributed by atoms with Crippen molar-refractivity contribution in [2.45, 2.75) is 49.7 Å². The van der Waals surface area contributed by atoms with Gasteiger partial charge in [0.25, 0.3) is 5.91 Å². The monoisotopic (exact) mass is 469 g/mol. The molecular weight excluding hydrogens is 445 g/mol. The molecule has 1 amide bonds. The van der Waals surface area contributed by atoms with Crippen LogP contribution in [0, 0.1) is 24.1 Å². The molecule has 0 radical (unpaired) electrons. The predicted molar refractivity (Wildman–Crippen MR) is 123 cm³/mol. The quantitative estimate of drug-likeness (QED) is 0.706. The molecule has 4 heterocycles. The minimum atomic E-state index is -2.85. The van der Waals surface area contributed by atoms with E-state index in [-0.39, 0.29) is 23.0 Å². The lowest BCUT2D eigenvalue weighted by molar-refractivity contribution is 0.102. The van der Waals surface area contributed by atoms with Crippen LogP contribution in [0.5, 0.6) is 0 Å². The van der Waals surface area contributed by atoms with E-state index in [2.05, 4.69) is 24.6 Å². The number of fused-ring (bicyclic) bond motifs is 1. The summed E-state index contributed by atoms with van der Waals surface area (Å²) in [6, 6.07) is 6.03. The number of amidine groups is 1. The molecule has 0 spiro atoms. The van der Waals surface area contributed by atoms with Crippen molar-refractivity contribution in [2.24, 2.45) is 15.1 Å². The molecular formula is C22H24FN7O2S. The number of nitrogens with one attached hydrogen (secondary N) is 1. The van der Waals surface area contributed by atoms with Crippen molar-refractivity contribution >= 4 is 27.3 Å². The molecule has 4 rings (SSSR count). The van der Waals surface area contributed by atoms with Gasteiger partial charge in [-0.3, -0.25) is 9.79 Å². The summed E-state index contributed by atoms with van der Waals surface area (Å²) in [5, 5.41) is 11.0. The van der Waals surface area contributed by atoms with E-state index in [0.29, 0.717) is 24.1 Å². The van der Waals surface area contributed by atoms with Gasteiger partial charge in [0, 0.05) is 12.7 Å². The zero-order chi connectivity index (χ0) is 24.2. The molecule has 33 heavy (non-hydrogen) atoms. The lowest BCUT2D eigenvalue weighted by Crippen LogP contribution is -2.58. The van der Waals surface area contributed by atoms with Crippen molar-refractivity contribution in [2.75, 3.05) is 11.9 Å². The predicted octanol–water partition coefficient (Wildman–Crippen LogP) is 2.65. The number of anilines is 1. The van der Waals surface area contributed by atoms with E-state index in [1.54, 1.807) is 33.8 Å². The number of nitrogens with zero attached hydrogens (tertiary/aromatic N) is 5. The van der Waals surface area contributed by atoms with E-state index in [1.807, 2.05) is 6.07 Å². The molecule has 172 valence electrons. The van der Waals surface area contributed by atoms with E-state index >= 15 is 4.39 Å². The summed E-state index contributed by atoms with van der Waals surface area (Å²) in [5.74, 6) is -0.985. The molecule has 9 nitrogen and oxygen atoms in total. The molecule has 0 saturated carbocycles. The summed E-state index contributed by atoms with van der Waals surface area (Å²) in [7, 11) is -2.85. The van der Waals surface area contributed by atoms with Crippen LogP contribution in [0.4, 0.5) is 10.2 Å². The van der Waals surface area contributed by atoms with Crippen LogP contribution in [-0.2, 0) is 15.3 Å². The lowest BCUT2D eigenvalue weighted by Gasteiger charge is -2.44. The Balaban J connectivity index is 1.75. The Morgan fingerprint density at radius 3 is 2.76 bits per heavy atom. The lowest BCUT2D eigenvalue weighted by atomic mass is 9.89. The number of nitriles is 1. The second-order valence-corrected chi connectivity index (χ2v) is 11.8. The highest BCUT2D eigenvalue weighted by Gasteiger charge is 2.57. The average molecular weight is 470 g/mol. The van der Waals surface area contributed by atoms with Crippen molar-refractivity contribution in [1.82, 2.24) is 9.97 Å². The molecule has 0 bridgehead atoms. The van der Waals surface area contributed by atoms with Crippen LogP contribution in [0.15, 0.2) is 33.8 Å². The Morgan fingerprint density at radius 2 is 2.09 bits per heavy atom. The molecule has 0 unspecified atom stereocenters. The van der Waals surface area contributed by atoms with Crippen LogP contribution in [0.25, 0.3) is 0 Å². The van der Waals surface area contributed by atoms with Crippen molar-refractivity contribution in [3.8, 4) is 6.07 Å². The highest BCUT2D eigenvalue weighted by atomic mass is 32.2. The Hall–Kier alpha value is -3.39. The van der Waals surface area contributed by atoms with E-state index < -0.39 is 37.0 Å². The Bertz CT molecular complexity index is 1370. The first-order valence-corrected chi connectivity index (χ1v) is 11.9. The molecule has 3 atom stereocenters. The smallest absolute Gasteiger partial charge is 0.275 e. The van der Waals surface area contributed by atoms with Gasteiger partial charge in [0.15, 0.2) is 0 Å². The van der Waals surface area contributed by atoms with Crippen LogP contribution in [-0.4, -0.2) is 42.5 Å². The molecule has 0 fully saturated rings. The number of pyridine rings is 2. The van der Waals surface area contributed by atoms with Crippen LogP contribution < -0.4 is 11.1 Å². The highest BCUT2D eigenvalue weighted by molar-refractivity contribution is 7.96.